The van der Waals surface area contributed by atoms with E-state index < -0.39 is 0 Å². The number of amidine groups is 1. The fourth-order valence-corrected chi connectivity index (χ4v) is 3.70. The highest BCUT2D eigenvalue weighted by Crippen LogP contribution is 2.27. The summed E-state index contributed by atoms with van der Waals surface area (Å²) in [5.74, 6) is 0.997. The molecule has 2 aliphatic rings. The van der Waals surface area contributed by atoms with Gasteiger partial charge in [-0.15, -0.1) is 29.0 Å². The van der Waals surface area contributed by atoms with Crippen LogP contribution in [0.3, 0.4) is 0 Å². The Kier molecular flexibility index (Phi) is 6.25. The average molecular weight is 434 g/mol. The zero-order valence-corrected chi connectivity index (χ0v) is 15.8. The predicted octanol–water partition coefficient (Wildman–Crippen LogP) is 2.80. The van der Waals surface area contributed by atoms with Gasteiger partial charge >= 0.3 is 6.03 Å². The van der Waals surface area contributed by atoms with Crippen molar-refractivity contribution in [2.45, 2.75) is 0 Å². The SMILES string of the molecule is CN1CCSC1=NC(=O)[N+]1(c2ccccc2)CCOCC1.I. The van der Waals surface area contributed by atoms with E-state index in [4.69, 9.17) is 4.74 Å². The summed E-state index contributed by atoms with van der Waals surface area (Å²) in [5.41, 5.74) is 1.00. The van der Waals surface area contributed by atoms with Gasteiger partial charge in [0.15, 0.2) is 5.17 Å². The maximum Gasteiger partial charge on any atom is 0.450 e. The van der Waals surface area contributed by atoms with E-state index in [1.54, 1.807) is 11.8 Å². The smallest absolute Gasteiger partial charge is 0.370 e. The molecule has 1 aromatic carbocycles. The number of morpholine rings is 1. The molecule has 0 radical (unpaired) electrons. The first-order chi connectivity index (χ1) is 10.2. The molecule has 3 rings (SSSR count). The van der Waals surface area contributed by atoms with Gasteiger partial charge in [0.1, 0.15) is 18.8 Å². The number of hydrogen-bond acceptors (Lipinski definition) is 3. The highest BCUT2D eigenvalue weighted by Gasteiger charge is 2.41. The van der Waals surface area contributed by atoms with Crippen LogP contribution >= 0.6 is 35.7 Å². The number of nitrogens with zero attached hydrogens (tertiary/aromatic N) is 3. The molecule has 2 amide bonds. The van der Waals surface area contributed by atoms with Gasteiger partial charge in [-0.1, -0.05) is 30.0 Å². The highest BCUT2D eigenvalue weighted by atomic mass is 127. The zero-order valence-electron chi connectivity index (χ0n) is 12.6. The minimum Gasteiger partial charge on any atom is -0.370 e. The molecule has 2 fully saturated rings. The number of rotatable bonds is 1. The van der Waals surface area contributed by atoms with Crippen molar-refractivity contribution < 1.29 is 9.53 Å². The molecule has 120 valence electrons. The normalized spacial score (nSPS) is 22.4. The minimum absolute atomic E-state index is 0. The number of benzene rings is 1. The third kappa shape index (κ3) is 3.47. The van der Waals surface area contributed by atoms with E-state index in [-0.39, 0.29) is 34.5 Å². The van der Waals surface area contributed by atoms with E-state index in [2.05, 4.69) is 4.99 Å². The lowest BCUT2D eigenvalue weighted by Crippen LogP contribution is -2.59. The third-order valence-corrected chi connectivity index (χ3v) is 5.07. The van der Waals surface area contributed by atoms with Gasteiger partial charge in [-0.25, -0.2) is 9.28 Å². The van der Waals surface area contributed by atoms with E-state index in [1.165, 1.54) is 0 Å². The van der Waals surface area contributed by atoms with Gasteiger partial charge in [-0.2, -0.15) is 0 Å². The van der Waals surface area contributed by atoms with Crippen LogP contribution in [-0.2, 0) is 4.74 Å². The van der Waals surface area contributed by atoms with Crippen molar-refractivity contribution in [3.05, 3.63) is 30.3 Å². The van der Waals surface area contributed by atoms with Crippen LogP contribution in [0.2, 0.25) is 0 Å². The van der Waals surface area contributed by atoms with Gasteiger partial charge in [0.05, 0.1) is 13.2 Å². The fraction of sp³-hybridized carbons (Fsp3) is 0.467. The van der Waals surface area contributed by atoms with Gasteiger partial charge in [0.2, 0.25) is 0 Å². The molecule has 22 heavy (non-hydrogen) atoms. The number of halogens is 1. The van der Waals surface area contributed by atoms with Crippen LogP contribution in [0.5, 0.6) is 0 Å². The van der Waals surface area contributed by atoms with Crippen LogP contribution in [0.1, 0.15) is 0 Å². The molecule has 0 spiro atoms. The topological polar surface area (TPSA) is 41.9 Å². The number of hydrogen-bond donors (Lipinski definition) is 0. The Morgan fingerprint density at radius 2 is 1.95 bits per heavy atom. The predicted molar refractivity (Wildman–Crippen MR) is 102 cm³/mol. The second kappa shape index (κ2) is 7.76. The summed E-state index contributed by atoms with van der Waals surface area (Å²) >= 11 is 1.65. The number of thioether (sulfide) groups is 1. The molecule has 2 heterocycles. The number of para-hydroxylation sites is 1. The molecule has 2 saturated heterocycles. The van der Waals surface area contributed by atoms with Gasteiger partial charge in [-0.3, -0.25) is 0 Å². The number of quaternary nitrogens is 1. The highest BCUT2D eigenvalue weighted by molar-refractivity contribution is 14.0. The van der Waals surface area contributed by atoms with Crippen molar-refractivity contribution in [1.82, 2.24) is 9.38 Å². The van der Waals surface area contributed by atoms with Gasteiger partial charge < -0.3 is 9.64 Å². The van der Waals surface area contributed by atoms with Crippen molar-refractivity contribution in [1.29, 1.82) is 0 Å². The van der Waals surface area contributed by atoms with Crippen LogP contribution in [0.4, 0.5) is 10.5 Å². The quantitative estimate of drug-likeness (QED) is 0.504. The summed E-state index contributed by atoms with van der Waals surface area (Å²) in [6, 6.07) is 9.85. The Hall–Kier alpha value is -0.640. The number of aliphatic imine (C=N–C) groups is 1. The lowest BCUT2D eigenvalue weighted by atomic mass is 10.2. The minimum atomic E-state index is -0.0826. The van der Waals surface area contributed by atoms with Gasteiger partial charge in [0.25, 0.3) is 0 Å². The number of urea groups is 1. The van der Waals surface area contributed by atoms with Crippen LogP contribution in [0.15, 0.2) is 35.3 Å². The standard InChI is InChI=1S/C15H20N3O2S.HI/c1-17-7-12-21-14(17)16-15(19)18(8-10-20-11-9-18)13-5-3-2-4-6-13;/h2-6H,7-12H2,1H3;1H/q+1;. The van der Waals surface area contributed by atoms with E-state index >= 15 is 0 Å². The van der Waals surface area contributed by atoms with Crippen molar-refractivity contribution in [3.63, 3.8) is 0 Å². The fourth-order valence-electron chi connectivity index (χ4n) is 2.70. The average Bonchev–Trinajstić information content (AvgIpc) is 2.94. The molecule has 0 saturated carbocycles. The Labute approximate surface area is 152 Å². The Balaban J connectivity index is 0.00000176. The van der Waals surface area contributed by atoms with Gasteiger partial charge in [0, 0.05) is 19.3 Å². The largest absolute Gasteiger partial charge is 0.450 e. The number of ether oxygens (including phenoxy) is 1. The molecule has 7 heteroatoms. The van der Waals surface area contributed by atoms with Crippen LogP contribution in [0, 0.1) is 0 Å². The maximum absolute atomic E-state index is 12.9. The van der Waals surface area contributed by atoms with E-state index in [9.17, 15) is 4.79 Å². The monoisotopic (exact) mass is 434 g/mol. The maximum atomic E-state index is 12.9. The first-order valence-corrected chi connectivity index (χ1v) is 8.18. The van der Waals surface area contributed by atoms with Crippen LogP contribution in [0.25, 0.3) is 0 Å². The molecular weight excluding hydrogens is 413 g/mol. The zero-order chi connectivity index (χ0) is 14.7. The molecule has 5 nitrogen and oxygen atoms in total. The van der Waals surface area contributed by atoms with Crippen molar-refractivity contribution in [2.24, 2.45) is 4.99 Å². The van der Waals surface area contributed by atoms with Gasteiger partial charge in [-0.05, 0) is 12.1 Å². The Morgan fingerprint density at radius 3 is 2.55 bits per heavy atom. The number of carbonyl (C=O) groups is 1. The third-order valence-electron chi connectivity index (χ3n) is 4.03. The summed E-state index contributed by atoms with van der Waals surface area (Å²) in [4.78, 5) is 19.4. The summed E-state index contributed by atoms with van der Waals surface area (Å²) in [6.45, 7) is 3.43. The van der Waals surface area contributed by atoms with Crippen LogP contribution < -0.4 is 4.48 Å². The van der Waals surface area contributed by atoms with E-state index in [0.29, 0.717) is 26.3 Å². The first kappa shape index (κ1) is 17.7. The lowest BCUT2D eigenvalue weighted by Gasteiger charge is -2.36. The summed E-state index contributed by atoms with van der Waals surface area (Å²) in [6.07, 6.45) is 0. The lowest BCUT2D eigenvalue weighted by molar-refractivity contribution is 0.0574. The molecular formula is C15H21IN3O2S+. The Morgan fingerprint density at radius 1 is 1.27 bits per heavy atom. The summed E-state index contributed by atoms with van der Waals surface area (Å²) in [7, 11) is 1.98. The molecule has 1 aromatic rings. The number of carbonyl (C=O) groups excluding carboxylic acids is 1. The molecule has 0 unspecified atom stereocenters. The van der Waals surface area contributed by atoms with E-state index in [0.717, 1.165) is 23.2 Å². The first-order valence-electron chi connectivity index (χ1n) is 7.20. The molecule has 0 bridgehead atoms. The Bertz CT molecular complexity index is 547. The molecule has 0 atom stereocenters. The molecule has 2 aliphatic heterocycles. The van der Waals surface area contributed by atoms with Crippen molar-refractivity contribution in [3.8, 4) is 0 Å². The van der Waals surface area contributed by atoms with E-state index in [1.807, 2.05) is 42.3 Å². The molecule has 0 aromatic heterocycles. The molecule has 0 N–H and O–H groups in total. The molecule has 0 aliphatic carbocycles. The summed E-state index contributed by atoms with van der Waals surface area (Å²) < 4.78 is 5.72. The van der Waals surface area contributed by atoms with Crippen molar-refractivity contribution >= 4 is 52.6 Å². The number of amides is 2. The second-order valence-electron chi connectivity index (χ2n) is 5.31. The summed E-state index contributed by atoms with van der Waals surface area (Å²) in [5, 5.41) is 0.833. The van der Waals surface area contributed by atoms with Crippen LogP contribution in [-0.4, -0.2) is 61.7 Å². The van der Waals surface area contributed by atoms with Crippen molar-refractivity contribution in [2.75, 3.05) is 45.6 Å². The second-order valence-corrected chi connectivity index (χ2v) is 6.37.